The van der Waals surface area contributed by atoms with E-state index in [1.165, 1.54) is 38.5 Å². The van der Waals surface area contributed by atoms with Crippen LogP contribution in [-0.2, 0) is 0 Å². The predicted octanol–water partition coefficient (Wildman–Crippen LogP) is 2.69. The van der Waals surface area contributed by atoms with Crippen LogP contribution in [0.2, 0.25) is 0 Å². The van der Waals surface area contributed by atoms with Gasteiger partial charge in [-0.1, -0.05) is 39.5 Å². The maximum atomic E-state index is 12.0. The van der Waals surface area contributed by atoms with Crippen LogP contribution in [0.1, 0.15) is 52.4 Å². The Morgan fingerprint density at radius 2 is 1.65 bits per heavy atom. The van der Waals surface area contributed by atoms with Gasteiger partial charge < -0.3 is 10.2 Å². The first-order valence-electron chi connectivity index (χ1n) is 8.43. The molecule has 1 N–H and O–H groups in total. The fourth-order valence-electron chi connectivity index (χ4n) is 3.32. The van der Waals surface area contributed by atoms with Gasteiger partial charge in [-0.3, -0.25) is 4.90 Å². The quantitative estimate of drug-likeness (QED) is 0.807. The molecule has 0 aromatic heterocycles. The molecule has 0 radical (unpaired) electrons. The van der Waals surface area contributed by atoms with E-state index in [1.54, 1.807) is 0 Å². The number of hydrogen-bond donors (Lipinski definition) is 1. The summed E-state index contributed by atoms with van der Waals surface area (Å²) in [7, 11) is 0. The third-order valence-corrected chi connectivity index (χ3v) is 4.60. The topological polar surface area (TPSA) is 35.6 Å². The number of rotatable bonds is 3. The van der Waals surface area contributed by atoms with Crippen LogP contribution in [0.15, 0.2) is 0 Å². The van der Waals surface area contributed by atoms with Gasteiger partial charge in [0.25, 0.3) is 0 Å². The molecule has 0 atom stereocenters. The van der Waals surface area contributed by atoms with Gasteiger partial charge in [-0.15, -0.1) is 0 Å². The van der Waals surface area contributed by atoms with Crippen molar-refractivity contribution in [3.05, 3.63) is 0 Å². The molecule has 2 aliphatic rings. The standard InChI is InChI=1S/C16H31N3O/c1-14(2)13-17-16(20)19-11-9-18(10-12-19)15-7-5-3-4-6-8-15/h14-15H,3-13H2,1-2H3,(H,17,20). The first-order valence-corrected chi connectivity index (χ1v) is 8.43. The third kappa shape index (κ3) is 4.65. The summed E-state index contributed by atoms with van der Waals surface area (Å²) in [6, 6.07) is 0.901. The molecule has 0 aromatic carbocycles. The minimum absolute atomic E-state index is 0.124. The molecule has 4 nitrogen and oxygen atoms in total. The lowest BCUT2D eigenvalue weighted by Gasteiger charge is -2.39. The Labute approximate surface area is 123 Å². The van der Waals surface area contributed by atoms with E-state index in [-0.39, 0.29) is 6.03 Å². The molecule has 0 aromatic rings. The van der Waals surface area contributed by atoms with E-state index < -0.39 is 0 Å². The van der Waals surface area contributed by atoms with Crippen molar-refractivity contribution < 1.29 is 4.79 Å². The number of amides is 2. The number of hydrogen-bond acceptors (Lipinski definition) is 2. The first-order chi connectivity index (χ1) is 9.66. The van der Waals surface area contributed by atoms with Crippen molar-refractivity contribution >= 4 is 6.03 Å². The number of carbonyl (C=O) groups excluding carboxylic acids is 1. The highest BCUT2D eigenvalue weighted by Gasteiger charge is 2.26. The van der Waals surface area contributed by atoms with E-state index in [4.69, 9.17) is 0 Å². The summed E-state index contributed by atoms with van der Waals surface area (Å²) in [5, 5.41) is 3.02. The molecule has 20 heavy (non-hydrogen) atoms. The highest BCUT2D eigenvalue weighted by molar-refractivity contribution is 5.74. The summed E-state index contributed by atoms with van der Waals surface area (Å²) < 4.78 is 0. The van der Waals surface area contributed by atoms with Crippen molar-refractivity contribution in [2.45, 2.75) is 58.4 Å². The smallest absolute Gasteiger partial charge is 0.317 e. The predicted molar refractivity (Wildman–Crippen MR) is 82.9 cm³/mol. The van der Waals surface area contributed by atoms with Crippen LogP contribution in [-0.4, -0.2) is 54.6 Å². The van der Waals surface area contributed by atoms with Crippen molar-refractivity contribution in [2.24, 2.45) is 5.92 Å². The lowest BCUT2D eigenvalue weighted by molar-refractivity contribution is 0.101. The molecule has 0 bridgehead atoms. The van der Waals surface area contributed by atoms with Crippen LogP contribution in [0.5, 0.6) is 0 Å². The van der Waals surface area contributed by atoms with Crippen LogP contribution in [0.4, 0.5) is 4.79 Å². The molecule has 116 valence electrons. The molecule has 1 aliphatic carbocycles. The Balaban J connectivity index is 1.72. The highest BCUT2D eigenvalue weighted by atomic mass is 16.2. The van der Waals surface area contributed by atoms with Gasteiger partial charge in [0, 0.05) is 38.8 Å². The summed E-state index contributed by atoms with van der Waals surface area (Å²) in [6.45, 7) is 8.93. The number of nitrogens with one attached hydrogen (secondary N) is 1. The zero-order chi connectivity index (χ0) is 14.4. The maximum Gasteiger partial charge on any atom is 0.317 e. The Kier molecular flexibility index (Phi) is 6.14. The van der Waals surface area contributed by atoms with E-state index in [1.807, 2.05) is 4.90 Å². The van der Waals surface area contributed by atoms with E-state index in [2.05, 4.69) is 24.1 Å². The molecular formula is C16H31N3O. The average Bonchev–Trinajstić information content (AvgIpc) is 2.74. The van der Waals surface area contributed by atoms with E-state index in [9.17, 15) is 4.79 Å². The normalized spacial score (nSPS) is 22.9. The van der Waals surface area contributed by atoms with Gasteiger partial charge in [-0.25, -0.2) is 4.79 Å². The van der Waals surface area contributed by atoms with Crippen molar-refractivity contribution in [2.75, 3.05) is 32.7 Å². The van der Waals surface area contributed by atoms with Crippen molar-refractivity contribution in [1.29, 1.82) is 0 Å². The molecule has 1 aliphatic heterocycles. The second kappa shape index (κ2) is 7.87. The van der Waals surface area contributed by atoms with E-state index >= 15 is 0 Å². The van der Waals surface area contributed by atoms with E-state index in [0.29, 0.717) is 5.92 Å². The lowest BCUT2D eigenvalue weighted by Crippen LogP contribution is -2.54. The molecule has 1 heterocycles. The summed E-state index contributed by atoms with van der Waals surface area (Å²) in [4.78, 5) is 16.6. The molecule has 2 rings (SSSR count). The molecule has 0 unspecified atom stereocenters. The maximum absolute atomic E-state index is 12.0. The lowest BCUT2D eigenvalue weighted by atomic mass is 10.1. The minimum atomic E-state index is 0.124. The van der Waals surface area contributed by atoms with Gasteiger partial charge in [0.15, 0.2) is 0 Å². The third-order valence-electron chi connectivity index (χ3n) is 4.60. The summed E-state index contributed by atoms with van der Waals surface area (Å²) in [6.07, 6.45) is 8.32. The molecular weight excluding hydrogens is 250 g/mol. The Hall–Kier alpha value is -0.770. The fourth-order valence-corrected chi connectivity index (χ4v) is 3.32. The van der Waals surface area contributed by atoms with Crippen LogP contribution in [0.25, 0.3) is 0 Å². The van der Waals surface area contributed by atoms with Gasteiger partial charge >= 0.3 is 6.03 Å². The first kappa shape index (κ1) is 15.6. The largest absolute Gasteiger partial charge is 0.338 e. The van der Waals surface area contributed by atoms with Gasteiger partial charge in [-0.2, -0.15) is 0 Å². The molecule has 1 saturated carbocycles. The van der Waals surface area contributed by atoms with Gasteiger partial charge in [0.05, 0.1) is 0 Å². The second-order valence-corrected chi connectivity index (χ2v) is 6.75. The minimum Gasteiger partial charge on any atom is -0.338 e. The summed E-state index contributed by atoms with van der Waals surface area (Å²) in [5.41, 5.74) is 0. The Morgan fingerprint density at radius 1 is 1.05 bits per heavy atom. The van der Waals surface area contributed by atoms with Crippen LogP contribution in [0.3, 0.4) is 0 Å². The Bertz CT molecular complexity index is 290. The van der Waals surface area contributed by atoms with Gasteiger partial charge in [0.2, 0.25) is 0 Å². The van der Waals surface area contributed by atoms with Crippen molar-refractivity contribution in [3.63, 3.8) is 0 Å². The second-order valence-electron chi connectivity index (χ2n) is 6.75. The van der Waals surface area contributed by atoms with Crippen molar-refractivity contribution in [1.82, 2.24) is 15.1 Å². The summed E-state index contributed by atoms with van der Waals surface area (Å²) in [5.74, 6) is 0.520. The molecule has 4 heteroatoms. The SMILES string of the molecule is CC(C)CNC(=O)N1CCN(C2CCCCCC2)CC1. The monoisotopic (exact) mass is 281 g/mol. The average molecular weight is 281 g/mol. The number of piperazine rings is 1. The number of nitrogens with zero attached hydrogens (tertiary/aromatic N) is 2. The molecule has 1 saturated heterocycles. The zero-order valence-electron chi connectivity index (χ0n) is 13.2. The van der Waals surface area contributed by atoms with Crippen molar-refractivity contribution in [3.8, 4) is 0 Å². The fraction of sp³-hybridized carbons (Fsp3) is 0.938. The van der Waals surface area contributed by atoms with E-state index in [0.717, 1.165) is 38.8 Å². The zero-order valence-corrected chi connectivity index (χ0v) is 13.2. The highest BCUT2D eigenvalue weighted by Crippen LogP contribution is 2.22. The van der Waals surface area contributed by atoms with Crippen LogP contribution >= 0.6 is 0 Å². The Morgan fingerprint density at radius 3 is 2.20 bits per heavy atom. The van der Waals surface area contributed by atoms with Gasteiger partial charge in [0.1, 0.15) is 0 Å². The number of urea groups is 1. The number of carbonyl (C=O) groups is 1. The molecule has 2 fully saturated rings. The van der Waals surface area contributed by atoms with Crippen LogP contribution < -0.4 is 5.32 Å². The van der Waals surface area contributed by atoms with Gasteiger partial charge in [-0.05, 0) is 18.8 Å². The molecule has 2 amide bonds. The van der Waals surface area contributed by atoms with Crippen LogP contribution in [0, 0.1) is 5.92 Å². The summed E-state index contributed by atoms with van der Waals surface area (Å²) >= 11 is 0. The molecule has 0 spiro atoms.